The third-order valence-corrected chi connectivity index (χ3v) is 2.73. The first kappa shape index (κ1) is 13.4. The second-order valence-corrected chi connectivity index (χ2v) is 4.07. The highest BCUT2D eigenvalue weighted by atomic mass is 16.1. The van der Waals surface area contributed by atoms with Crippen LogP contribution in [0.3, 0.4) is 0 Å². The first-order chi connectivity index (χ1) is 8.17. The summed E-state index contributed by atoms with van der Waals surface area (Å²) in [4.78, 5) is 14.0. The normalized spacial score (nSPS) is 10.2. The number of hydrogen-bond donors (Lipinski definition) is 0. The lowest BCUT2D eigenvalue weighted by atomic mass is 10.1. The Labute approximate surface area is 103 Å². The van der Waals surface area contributed by atoms with Crippen LogP contribution in [-0.4, -0.2) is 30.3 Å². The maximum atomic E-state index is 12.0. The number of ketones is 1. The van der Waals surface area contributed by atoms with E-state index in [2.05, 4.69) is 6.07 Å². The highest BCUT2D eigenvalue weighted by Crippen LogP contribution is 2.05. The number of aryl methyl sites for hydroxylation is 1. The summed E-state index contributed by atoms with van der Waals surface area (Å²) >= 11 is 0. The first-order valence-corrected chi connectivity index (χ1v) is 5.86. The van der Waals surface area contributed by atoms with Crippen molar-refractivity contribution in [3.05, 3.63) is 35.4 Å². The molecule has 0 aliphatic carbocycles. The van der Waals surface area contributed by atoms with E-state index in [-0.39, 0.29) is 5.78 Å². The summed E-state index contributed by atoms with van der Waals surface area (Å²) in [5.74, 6) is 0.116. The molecular weight excluding hydrogens is 212 g/mol. The van der Waals surface area contributed by atoms with E-state index >= 15 is 0 Å². The SMILES string of the molecule is CCN(CCC#N)CC(=O)c1ccc(C)cc1. The summed E-state index contributed by atoms with van der Waals surface area (Å²) in [6.07, 6.45) is 0.467. The fourth-order valence-corrected chi connectivity index (χ4v) is 1.59. The number of hydrogen-bond acceptors (Lipinski definition) is 3. The minimum Gasteiger partial charge on any atom is -0.295 e. The van der Waals surface area contributed by atoms with Gasteiger partial charge in [0, 0.05) is 18.5 Å². The largest absolute Gasteiger partial charge is 0.295 e. The van der Waals surface area contributed by atoms with Crippen LogP contribution in [0.4, 0.5) is 0 Å². The van der Waals surface area contributed by atoms with Gasteiger partial charge in [0.25, 0.3) is 0 Å². The van der Waals surface area contributed by atoms with Crippen molar-refractivity contribution < 1.29 is 4.79 Å². The monoisotopic (exact) mass is 230 g/mol. The summed E-state index contributed by atoms with van der Waals surface area (Å²) in [6, 6.07) is 9.70. The van der Waals surface area contributed by atoms with E-state index in [0.717, 1.165) is 17.7 Å². The van der Waals surface area contributed by atoms with Crippen LogP contribution in [0.2, 0.25) is 0 Å². The van der Waals surface area contributed by atoms with Gasteiger partial charge in [-0.2, -0.15) is 5.26 Å². The summed E-state index contributed by atoms with van der Waals surface area (Å²) in [6.45, 7) is 5.84. The van der Waals surface area contributed by atoms with Crippen molar-refractivity contribution in [2.24, 2.45) is 0 Å². The molecule has 0 aromatic heterocycles. The van der Waals surface area contributed by atoms with E-state index in [0.29, 0.717) is 19.5 Å². The van der Waals surface area contributed by atoms with Crippen molar-refractivity contribution in [1.82, 2.24) is 4.90 Å². The first-order valence-electron chi connectivity index (χ1n) is 5.86. The van der Waals surface area contributed by atoms with Crippen molar-refractivity contribution in [3.8, 4) is 6.07 Å². The molecule has 0 radical (unpaired) electrons. The molecule has 0 bridgehead atoms. The molecule has 90 valence electrons. The number of Topliss-reactive ketones (excluding diaryl/α,β-unsaturated/α-hetero) is 1. The quantitative estimate of drug-likeness (QED) is 0.705. The molecular formula is C14H18N2O. The Morgan fingerprint density at radius 1 is 1.35 bits per heavy atom. The molecule has 17 heavy (non-hydrogen) atoms. The maximum Gasteiger partial charge on any atom is 0.176 e. The number of benzene rings is 1. The van der Waals surface area contributed by atoms with Gasteiger partial charge in [0.1, 0.15) is 0 Å². The molecule has 0 aliphatic rings. The molecule has 0 saturated carbocycles. The molecule has 0 amide bonds. The van der Waals surface area contributed by atoms with Gasteiger partial charge in [0.05, 0.1) is 12.6 Å². The van der Waals surface area contributed by atoms with Crippen LogP contribution < -0.4 is 0 Å². The smallest absolute Gasteiger partial charge is 0.176 e. The van der Waals surface area contributed by atoms with Gasteiger partial charge in [-0.3, -0.25) is 9.69 Å². The molecule has 3 heteroatoms. The van der Waals surface area contributed by atoms with Crippen molar-refractivity contribution in [3.63, 3.8) is 0 Å². The topological polar surface area (TPSA) is 44.1 Å². The summed E-state index contributed by atoms with van der Waals surface area (Å²) in [5, 5.41) is 8.53. The van der Waals surface area contributed by atoms with Gasteiger partial charge in [-0.15, -0.1) is 0 Å². The second kappa shape index (κ2) is 6.82. The summed E-state index contributed by atoms with van der Waals surface area (Å²) in [7, 11) is 0. The molecule has 1 aromatic rings. The zero-order valence-corrected chi connectivity index (χ0v) is 10.4. The Morgan fingerprint density at radius 2 is 2.00 bits per heavy atom. The van der Waals surface area contributed by atoms with Crippen molar-refractivity contribution in [2.45, 2.75) is 20.3 Å². The molecule has 3 nitrogen and oxygen atoms in total. The van der Waals surface area contributed by atoms with Crippen LogP contribution in [0.25, 0.3) is 0 Å². The predicted molar refractivity (Wildman–Crippen MR) is 67.9 cm³/mol. The van der Waals surface area contributed by atoms with Crippen LogP contribution in [0, 0.1) is 18.3 Å². The van der Waals surface area contributed by atoms with Gasteiger partial charge in [-0.25, -0.2) is 0 Å². The van der Waals surface area contributed by atoms with Gasteiger partial charge in [-0.05, 0) is 13.5 Å². The Hall–Kier alpha value is -1.66. The van der Waals surface area contributed by atoms with Gasteiger partial charge in [0.15, 0.2) is 5.78 Å². The number of nitriles is 1. The van der Waals surface area contributed by atoms with E-state index in [9.17, 15) is 4.79 Å². The zero-order valence-electron chi connectivity index (χ0n) is 10.4. The molecule has 0 heterocycles. The van der Waals surface area contributed by atoms with E-state index in [1.54, 1.807) is 0 Å². The predicted octanol–water partition coefficient (Wildman–Crippen LogP) is 2.41. The molecule has 0 N–H and O–H groups in total. The van der Waals surface area contributed by atoms with Crippen molar-refractivity contribution in [1.29, 1.82) is 5.26 Å². The van der Waals surface area contributed by atoms with Crippen LogP contribution in [0.1, 0.15) is 29.3 Å². The number of carbonyl (C=O) groups is 1. The third kappa shape index (κ3) is 4.38. The molecule has 0 atom stereocenters. The van der Waals surface area contributed by atoms with E-state index < -0.39 is 0 Å². The average molecular weight is 230 g/mol. The lowest BCUT2D eigenvalue weighted by molar-refractivity contribution is 0.0935. The van der Waals surface area contributed by atoms with E-state index in [1.165, 1.54) is 0 Å². The summed E-state index contributed by atoms with van der Waals surface area (Å²) in [5.41, 5.74) is 1.89. The van der Waals surface area contributed by atoms with Crippen LogP contribution in [-0.2, 0) is 0 Å². The fraction of sp³-hybridized carbons (Fsp3) is 0.429. The Morgan fingerprint density at radius 3 is 2.53 bits per heavy atom. The lowest BCUT2D eigenvalue weighted by Gasteiger charge is -2.17. The van der Waals surface area contributed by atoms with Gasteiger partial charge >= 0.3 is 0 Å². The highest BCUT2D eigenvalue weighted by Gasteiger charge is 2.10. The molecule has 1 rings (SSSR count). The fourth-order valence-electron chi connectivity index (χ4n) is 1.59. The molecule has 0 aliphatic heterocycles. The van der Waals surface area contributed by atoms with Gasteiger partial charge in [-0.1, -0.05) is 36.8 Å². The Balaban J connectivity index is 2.58. The maximum absolute atomic E-state index is 12.0. The molecule has 0 fully saturated rings. The number of rotatable bonds is 6. The van der Waals surface area contributed by atoms with Crippen LogP contribution in [0.5, 0.6) is 0 Å². The van der Waals surface area contributed by atoms with Crippen molar-refractivity contribution in [2.75, 3.05) is 19.6 Å². The third-order valence-electron chi connectivity index (χ3n) is 2.73. The number of nitrogens with zero attached hydrogens (tertiary/aromatic N) is 2. The van der Waals surface area contributed by atoms with Gasteiger partial charge in [0.2, 0.25) is 0 Å². The Bertz CT molecular complexity index is 403. The standard InChI is InChI=1S/C14H18N2O/c1-3-16(10-4-9-15)11-14(17)13-7-5-12(2)6-8-13/h5-8H,3-4,10-11H2,1-2H3. The minimum atomic E-state index is 0.116. The van der Waals surface area contributed by atoms with Crippen LogP contribution in [0.15, 0.2) is 24.3 Å². The molecule has 0 unspecified atom stereocenters. The zero-order chi connectivity index (χ0) is 12.7. The average Bonchev–Trinajstić information content (AvgIpc) is 2.35. The minimum absolute atomic E-state index is 0.116. The Kier molecular flexibility index (Phi) is 5.38. The van der Waals surface area contributed by atoms with Crippen LogP contribution >= 0.6 is 0 Å². The number of likely N-dealkylation sites (N-methyl/N-ethyl adjacent to an activating group) is 1. The lowest BCUT2D eigenvalue weighted by Crippen LogP contribution is -2.30. The number of carbonyl (C=O) groups excluding carboxylic acids is 1. The van der Waals surface area contributed by atoms with Gasteiger partial charge < -0.3 is 0 Å². The molecule has 0 spiro atoms. The molecule has 0 saturated heterocycles. The van der Waals surface area contributed by atoms with Crippen molar-refractivity contribution >= 4 is 5.78 Å². The summed E-state index contributed by atoms with van der Waals surface area (Å²) < 4.78 is 0. The highest BCUT2D eigenvalue weighted by molar-refractivity contribution is 5.97. The molecule has 1 aromatic carbocycles. The van der Waals surface area contributed by atoms with E-state index in [4.69, 9.17) is 5.26 Å². The second-order valence-electron chi connectivity index (χ2n) is 4.07. The van der Waals surface area contributed by atoms with E-state index in [1.807, 2.05) is 43.0 Å².